The van der Waals surface area contributed by atoms with Gasteiger partial charge in [-0.25, -0.2) is 9.37 Å². The van der Waals surface area contributed by atoms with Gasteiger partial charge >= 0.3 is 0 Å². The number of aliphatic hydroxyl groups excluding tert-OH is 1. The van der Waals surface area contributed by atoms with Crippen LogP contribution in [0, 0.1) is 12.7 Å². The van der Waals surface area contributed by atoms with Gasteiger partial charge in [-0.05, 0) is 49.2 Å². The molecule has 0 bridgehead atoms. The number of β-amino-alcohol motifs (C(OH)–C–C–N with tert-alkyl or cyclic N) is 1. The van der Waals surface area contributed by atoms with Crippen LogP contribution in [-0.4, -0.2) is 49.6 Å². The molecule has 0 aliphatic carbocycles. The minimum atomic E-state index is -0.754. The molecule has 8 nitrogen and oxygen atoms in total. The highest BCUT2D eigenvalue weighted by Gasteiger charge is 2.25. The second-order valence-electron chi connectivity index (χ2n) is 8.15. The third-order valence-electron chi connectivity index (χ3n) is 5.90. The summed E-state index contributed by atoms with van der Waals surface area (Å²) in [6.07, 6.45) is 3.85. The smallest absolute Gasteiger partial charge is 0.227 e. The molecule has 3 heterocycles. The molecule has 1 N–H and O–H groups in total. The van der Waals surface area contributed by atoms with Gasteiger partial charge in [0.25, 0.3) is 0 Å². The van der Waals surface area contributed by atoms with Crippen molar-refractivity contribution in [2.24, 2.45) is 0 Å². The van der Waals surface area contributed by atoms with Crippen LogP contribution in [0.1, 0.15) is 23.8 Å². The van der Waals surface area contributed by atoms with Crippen molar-refractivity contribution in [2.75, 3.05) is 25.1 Å². The molecule has 1 unspecified atom stereocenters. The van der Waals surface area contributed by atoms with Gasteiger partial charge in [-0.15, -0.1) is 10.2 Å². The third kappa shape index (κ3) is 4.07. The molecule has 5 rings (SSSR count). The van der Waals surface area contributed by atoms with E-state index in [1.807, 2.05) is 40.8 Å². The fourth-order valence-electron chi connectivity index (χ4n) is 4.22. The van der Waals surface area contributed by atoms with Crippen LogP contribution >= 0.6 is 0 Å². The molecule has 2 aromatic carbocycles. The average molecular weight is 449 g/mol. The van der Waals surface area contributed by atoms with E-state index in [-0.39, 0.29) is 5.82 Å². The number of aryl methyl sites for hydroxylation is 1. The summed E-state index contributed by atoms with van der Waals surface area (Å²) in [6, 6.07) is 11.9. The predicted octanol–water partition coefficient (Wildman–Crippen LogP) is 3.53. The van der Waals surface area contributed by atoms with Crippen LogP contribution in [0.5, 0.6) is 5.75 Å². The molecule has 0 radical (unpaired) electrons. The molecule has 4 aromatic rings. The molecule has 2 aromatic heterocycles. The second-order valence-corrected chi connectivity index (χ2v) is 8.15. The van der Waals surface area contributed by atoms with Gasteiger partial charge in [0.15, 0.2) is 5.82 Å². The van der Waals surface area contributed by atoms with E-state index in [0.717, 1.165) is 42.3 Å². The molecule has 9 heteroatoms. The topological polar surface area (TPSA) is 81.2 Å². The van der Waals surface area contributed by atoms with Crippen molar-refractivity contribution in [3.05, 3.63) is 72.1 Å². The van der Waals surface area contributed by atoms with Crippen molar-refractivity contribution in [1.82, 2.24) is 24.3 Å². The molecule has 0 spiro atoms. The van der Waals surface area contributed by atoms with Crippen molar-refractivity contribution >= 4 is 5.95 Å². The van der Waals surface area contributed by atoms with Gasteiger partial charge in [0, 0.05) is 24.8 Å². The first kappa shape index (κ1) is 21.1. The van der Waals surface area contributed by atoms with E-state index in [0.29, 0.717) is 23.8 Å². The Kier molecular flexibility index (Phi) is 5.55. The number of methoxy groups -OCH3 is 1. The minimum absolute atomic E-state index is 0.321. The number of halogens is 1. The molecule has 1 aliphatic heterocycles. The minimum Gasteiger partial charge on any atom is -0.495 e. The number of rotatable bonds is 6. The van der Waals surface area contributed by atoms with E-state index >= 15 is 0 Å². The number of anilines is 1. The highest BCUT2D eigenvalue weighted by atomic mass is 19.1. The normalized spacial score (nSPS) is 14.2. The Morgan fingerprint density at radius 3 is 2.67 bits per heavy atom. The zero-order valence-electron chi connectivity index (χ0n) is 18.5. The molecule has 1 aliphatic rings. The van der Waals surface area contributed by atoms with E-state index < -0.39 is 6.10 Å². The van der Waals surface area contributed by atoms with Crippen LogP contribution < -0.4 is 9.64 Å². The van der Waals surface area contributed by atoms with E-state index in [1.165, 1.54) is 12.1 Å². The summed E-state index contributed by atoms with van der Waals surface area (Å²) < 4.78 is 22.9. The monoisotopic (exact) mass is 448 g/mol. The molecular formula is C24H25FN6O2. The number of aliphatic hydroxyl groups is 1. The standard InChI is InChI=1S/C24H25FN6O2/c1-16-13-30(15-26-16)20-9-6-18(12-22(20)33-2)23-27-28-24-29(10-3-11-31(23)24)14-21(32)17-4-7-19(25)8-5-17/h4-9,12-13,15,21,32H,3,10-11,14H2,1-2H3. The predicted molar refractivity (Wildman–Crippen MR) is 122 cm³/mol. The van der Waals surface area contributed by atoms with Crippen molar-refractivity contribution in [1.29, 1.82) is 0 Å². The first-order valence-corrected chi connectivity index (χ1v) is 10.8. The molecule has 0 saturated heterocycles. The quantitative estimate of drug-likeness (QED) is 0.486. The zero-order chi connectivity index (χ0) is 22.9. The Morgan fingerprint density at radius 2 is 1.94 bits per heavy atom. The van der Waals surface area contributed by atoms with E-state index in [1.54, 1.807) is 25.6 Å². The maximum absolute atomic E-state index is 13.2. The number of benzene rings is 2. The molecule has 0 saturated carbocycles. The van der Waals surface area contributed by atoms with Gasteiger partial charge < -0.3 is 19.3 Å². The van der Waals surface area contributed by atoms with E-state index in [9.17, 15) is 9.50 Å². The number of hydrogen-bond donors (Lipinski definition) is 1. The molecule has 0 fully saturated rings. The van der Waals surface area contributed by atoms with Crippen LogP contribution in [0.15, 0.2) is 55.0 Å². The largest absolute Gasteiger partial charge is 0.495 e. The lowest BCUT2D eigenvalue weighted by Crippen LogP contribution is -2.36. The molecule has 170 valence electrons. The Bertz CT molecular complexity index is 1270. The number of imidazole rings is 1. The Labute approximate surface area is 190 Å². The SMILES string of the molecule is COc1cc(-c2nnc3n2CCCN3CC(O)c2ccc(F)cc2)ccc1-n1cnc(C)c1. The lowest BCUT2D eigenvalue weighted by atomic mass is 10.1. The maximum Gasteiger partial charge on any atom is 0.227 e. The molecule has 33 heavy (non-hydrogen) atoms. The molecule has 0 amide bonds. The summed E-state index contributed by atoms with van der Waals surface area (Å²) in [5, 5.41) is 19.6. The highest BCUT2D eigenvalue weighted by Crippen LogP contribution is 2.32. The summed E-state index contributed by atoms with van der Waals surface area (Å²) >= 11 is 0. The van der Waals surface area contributed by atoms with Gasteiger partial charge in [0.1, 0.15) is 11.6 Å². The number of hydrogen-bond acceptors (Lipinski definition) is 6. The number of ether oxygens (including phenoxy) is 1. The van der Waals surface area contributed by atoms with Gasteiger partial charge in [-0.3, -0.25) is 4.57 Å². The van der Waals surface area contributed by atoms with Crippen molar-refractivity contribution < 1.29 is 14.2 Å². The van der Waals surface area contributed by atoms with Gasteiger partial charge in [0.2, 0.25) is 5.95 Å². The fourth-order valence-corrected chi connectivity index (χ4v) is 4.22. The Hall–Kier alpha value is -3.72. The Morgan fingerprint density at radius 1 is 1.12 bits per heavy atom. The Balaban J connectivity index is 1.42. The molecule has 1 atom stereocenters. The van der Waals surface area contributed by atoms with Gasteiger partial charge in [-0.1, -0.05) is 12.1 Å². The highest BCUT2D eigenvalue weighted by molar-refractivity contribution is 5.64. The van der Waals surface area contributed by atoms with Crippen LogP contribution in [0.2, 0.25) is 0 Å². The van der Waals surface area contributed by atoms with Gasteiger partial charge in [-0.2, -0.15) is 0 Å². The van der Waals surface area contributed by atoms with Crippen molar-refractivity contribution in [3.63, 3.8) is 0 Å². The lowest BCUT2D eigenvalue weighted by molar-refractivity contribution is 0.181. The summed E-state index contributed by atoms with van der Waals surface area (Å²) in [6.45, 7) is 3.84. The van der Waals surface area contributed by atoms with Crippen LogP contribution in [0.3, 0.4) is 0 Å². The second kappa shape index (κ2) is 8.67. The lowest BCUT2D eigenvalue weighted by Gasteiger charge is -2.30. The fraction of sp³-hybridized carbons (Fsp3) is 0.292. The maximum atomic E-state index is 13.2. The number of aromatic nitrogens is 5. The third-order valence-corrected chi connectivity index (χ3v) is 5.90. The first-order valence-electron chi connectivity index (χ1n) is 10.8. The van der Waals surface area contributed by atoms with E-state index in [4.69, 9.17) is 4.74 Å². The summed E-state index contributed by atoms with van der Waals surface area (Å²) in [7, 11) is 1.64. The van der Waals surface area contributed by atoms with Crippen molar-refractivity contribution in [2.45, 2.75) is 26.0 Å². The zero-order valence-corrected chi connectivity index (χ0v) is 18.5. The van der Waals surface area contributed by atoms with Crippen LogP contribution in [0.4, 0.5) is 10.3 Å². The van der Waals surface area contributed by atoms with Crippen LogP contribution in [0.25, 0.3) is 17.1 Å². The molecular weight excluding hydrogens is 423 g/mol. The average Bonchev–Trinajstić information content (AvgIpc) is 3.46. The summed E-state index contributed by atoms with van der Waals surface area (Å²) in [5.41, 5.74) is 3.38. The van der Waals surface area contributed by atoms with E-state index in [2.05, 4.69) is 19.7 Å². The number of nitrogens with zero attached hydrogens (tertiary/aromatic N) is 6. The van der Waals surface area contributed by atoms with Gasteiger partial charge in [0.05, 0.1) is 37.5 Å². The number of fused-ring (bicyclic) bond motifs is 1. The summed E-state index contributed by atoms with van der Waals surface area (Å²) in [5.74, 6) is 1.85. The van der Waals surface area contributed by atoms with Crippen molar-refractivity contribution in [3.8, 4) is 22.8 Å². The van der Waals surface area contributed by atoms with Crippen LogP contribution in [-0.2, 0) is 6.54 Å². The summed E-state index contributed by atoms with van der Waals surface area (Å²) in [4.78, 5) is 6.31. The first-order chi connectivity index (χ1) is 16.0.